The molecule has 0 unspecified atom stereocenters. The molecule has 1 aromatic rings. The van der Waals surface area contributed by atoms with Crippen molar-refractivity contribution in [1.82, 2.24) is 9.80 Å². The van der Waals surface area contributed by atoms with Gasteiger partial charge in [0.2, 0.25) is 0 Å². The van der Waals surface area contributed by atoms with Gasteiger partial charge in [-0.2, -0.15) is 0 Å². The SMILES string of the molecule is CCN(C)C[C@@]1(O)CCCN(Cc2cccc(C)c2)C1=O. The van der Waals surface area contributed by atoms with Gasteiger partial charge in [-0.05, 0) is 38.9 Å². The molecule has 1 atom stereocenters. The number of aliphatic hydroxyl groups is 1. The summed E-state index contributed by atoms with van der Waals surface area (Å²) in [6.45, 7) is 6.62. The van der Waals surface area contributed by atoms with Crippen molar-refractivity contribution in [2.45, 2.75) is 38.8 Å². The lowest BCUT2D eigenvalue weighted by molar-refractivity contribution is -0.159. The number of carbonyl (C=O) groups is 1. The van der Waals surface area contributed by atoms with Crippen LogP contribution in [0.15, 0.2) is 24.3 Å². The second kappa shape index (κ2) is 6.58. The van der Waals surface area contributed by atoms with Crippen LogP contribution in [-0.4, -0.2) is 53.1 Å². The predicted molar refractivity (Wildman–Crippen MR) is 84.0 cm³/mol. The largest absolute Gasteiger partial charge is 0.379 e. The van der Waals surface area contributed by atoms with Gasteiger partial charge in [0.15, 0.2) is 5.60 Å². The van der Waals surface area contributed by atoms with Gasteiger partial charge in [0.25, 0.3) is 5.91 Å². The minimum Gasteiger partial charge on any atom is -0.379 e. The average Bonchev–Trinajstić information content (AvgIpc) is 2.44. The molecule has 2 rings (SSSR count). The maximum absolute atomic E-state index is 12.6. The number of carbonyl (C=O) groups excluding carboxylic acids is 1. The molecule has 4 nitrogen and oxygen atoms in total. The predicted octanol–water partition coefficient (Wildman–Crippen LogP) is 1.80. The summed E-state index contributed by atoms with van der Waals surface area (Å²) in [5.74, 6) is -0.129. The summed E-state index contributed by atoms with van der Waals surface area (Å²) < 4.78 is 0. The highest BCUT2D eigenvalue weighted by atomic mass is 16.3. The molecule has 1 aromatic carbocycles. The minimum atomic E-state index is -1.23. The molecule has 1 aliphatic rings. The zero-order chi connectivity index (χ0) is 15.5. The fraction of sp³-hybridized carbons (Fsp3) is 0.588. The monoisotopic (exact) mass is 290 g/mol. The lowest BCUT2D eigenvalue weighted by atomic mass is 9.91. The summed E-state index contributed by atoms with van der Waals surface area (Å²) >= 11 is 0. The number of benzene rings is 1. The Morgan fingerprint density at radius 3 is 2.86 bits per heavy atom. The van der Waals surface area contributed by atoms with E-state index >= 15 is 0 Å². The van der Waals surface area contributed by atoms with Crippen LogP contribution in [0.2, 0.25) is 0 Å². The van der Waals surface area contributed by atoms with Crippen molar-refractivity contribution in [3.8, 4) is 0 Å². The van der Waals surface area contributed by atoms with Crippen molar-refractivity contribution < 1.29 is 9.90 Å². The van der Waals surface area contributed by atoms with Crippen molar-refractivity contribution in [2.24, 2.45) is 0 Å². The molecule has 0 radical (unpaired) electrons. The Morgan fingerprint density at radius 1 is 1.43 bits per heavy atom. The third-order valence-electron chi connectivity index (χ3n) is 4.23. The van der Waals surface area contributed by atoms with Crippen LogP contribution in [0.3, 0.4) is 0 Å². The summed E-state index contributed by atoms with van der Waals surface area (Å²) in [5.41, 5.74) is 1.08. The van der Waals surface area contributed by atoms with Crippen LogP contribution in [0.5, 0.6) is 0 Å². The van der Waals surface area contributed by atoms with E-state index in [0.29, 0.717) is 19.5 Å². The molecule has 0 aromatic heterocycles. The second-order valence-corrected chi connectivity index (χ2v) is 6.18. The zero-order valence-electron chi connectivity index (χ0n) is 13.3. The highest BCUT2D eigenvalue weighted by molar-refractivity contribution is 5.86. The fourth-order valence-corrected chi connectivity index (χ4v) is 2.95. The van der Waals surface area contributed by atoms with Crippen LogP contribution in [0.25, 0.3) is 0 Å². The highest BCUT2D eigenvalue weighted by Crippen LogP contribution is 2.25. The molecule has 1 aliphatic heterocycles. The maximum atomic E-state index is 12.6. The molecule has 1 heterocycles. The first-order chi connectivity index (χ1) is 9.94. The molecule has 4 heteroatoms. The van der Waals surface area contributed by atoms with Crippen molar-refractivity contribution in [3.05, 3.63) is 35.4 Å². The number of hydrogen-bond donors (Lipinski definition) is 1. The van der Waals surface area contributed by atoms with E-state index in [4.69, 9.17) is 0 Å². The minimum absolute atomic E-state index is 0.129. The molecule has 116 valence electrons. The number of piperidine rings is 1. The van der Waals surface area contributed by atoms with Gasteiger partial charge in [-0.15, -0.1) is 0 Å². The number of aryl methyl sites for hydroxylation is 1. The van der Waals surface area contributed by atoms with Gasteiger partial charge in [-0.25, -0.2) is 0 Å². The van der Waals surface area contributed by atoms with E-state index in [1.807, 2.05) is 44.0 Å². The molecule has 1 fully saturated rings. The van der Waals surface area contributed by atoms with Gasteiger partial charge >= 0.3 is 0 Å². The quantitative estimate of drug-likeness (QED) is 0.899. The van der Waals surface area contributed by atoms with E-state index in [1.54, 1.807) is 4.90 Å². The van der Waals surface area contributed by atoms with E-state index in [9.17, 15) is 9.90 Å². The molecule has 0 spiro atoms. The highest BCUT2D eigenvalue weighted by Gasteiger charge is 2.42. The van der Waals surface area contributed by atoms with E-state index < -0.39 is 5.60 Å². The summed E-state index contributed by atoms with van der Waals surface area (Å²) in [5, 5.41) is 10.7. The Labute approximate surface area is 127 Å². The van der Waals surface area contributed by atoms with Crippen LogP contribution < -0.4 is 0 Å². The molecule has 1 saturated heterocycles. The third kappa shape index (κ3) is 3.83. The molecular weight excluding hydrogens is 264 g/mol. The van der Waals surface area contributed by atoms with E-state index in [1.165, 1.54) is 5.56 Å². The summed E-state index contributed by atoms with van der Waals surface area (Å²) in [7, 11) is 1.94. The Bertz CT molecular complexity index is 503. The van der Waals surface area contributed by atoms with Crippen molar-refractivity contribution >= 4 is 5.91 Å². The van der Waals surface area contributed by atoms with Crippen LogP contribution >= 0.6 is 0 Å². The van der Waals surface area contributed by atoms with Crippen molar-refractivity contribution in [3.63, 3.8) is 0 Å². The Morgan fingerprint density at radius 2 is 2.19 bits per heavy atom. The van der Waals surface area contributed by atoms with Gasteiger partial charge in [-0.1, -0.05) is 36.8 Å². The molecule has 0 bridgehead atoms. The number of rotatable bonds is 5. The lowest BCUT2D eigenvalue weighted by Gasteiger charge is -2.40. The third-order valence-corrected chi connectivity index (χ3v) is 4.23. The number of likely N-dealkylation sites (N-methyl/N-ethyl adjacent to an activating group) is 1. The molecule has 21 heavy (non-hydrogen) atoms. The van der Waals surface area contributed by atoms with Gasteiger partial charge in [-0.3, -0.25) is 4.79 Å². The van der Waals surface area contributed by atoms with Gasteiger partial charge in [0.1, 0.15) is 0 Å². The molecule has 0 aliphatic carbocycles. The van der Waals surface area contributed by atoms with Crippen molar-refractivity contribution in [2.75, 3.05) is 26.7 Å². The Balaban J connectivity index is 2.09. The van der Waals surface area contributed by atoms with Crippen LogP contribution in [0.1, 0.15) is 30.9 Å². The fourth-order valence-electron chi connectivity index (χ4n) is 2.95. The zero-order valence-corrected chi connectivity index (χ0v) is 13.3. The molecular formula is C17H26N2O2. The molecule has 0 saturated carbocycles. The smallest absolute Gasteiger partial charge is 0.256 e. The number of hydrogen-bond acceptors (Lipinski definition) is 3. The Kier molecular flexibility index (Phi) is 5.01. The first-order valence-electron chi connectivity index (χ1n) is 7.70. The van der Waals surface area contributed by atoms with Gasteiger partial charge in [0.05, 0.1) is 0 Å². The summed E-state index contributed by atoms with van der Waals surface area (Å²) in [4.78, 5) is 16.4. The van der Waals surface area contributed by atoms with Gasteiger partial charge < -0.3 is 14.9 Å². The first-order valence-corrected chi connectivity index (χ1v) is 7.70. The average molecular weight is 290 g/mol. The standard InChI is InChI=1S/C17H26N2O2/c1-4-18(3)13-17(21)9-6-10-19(16(17)20)12-15-8-5-7-14(2)11-15/h5,7-8,11,21H,4,6,9-10,12-13H2,1-3H3/t17-/m0/s1. The summed E-state index contributed by atoms with van der Waals surface area (Å²) in [6, 6.07) is 8.19. The summed E-state index contributed by atoms with van der Waals surface area (Å²) in [6.07, 6.45) is 1.41. The first kappa shape index (κ1) is 16.0. The topological polar surface area (TPSA) is 43.8 Å². The lowest BCUT2D eigenvalue weighted by Crippen LogP contribution is -2.57. The van der Waals surface area contributed by atoms with Gasteiger partial charge in [0, 0.05) is 19.6 Å². The van der Waals surface area contributed by atoms with Crippen LogP contribution in [0.4, 0.5) is 0 Å². The van der Waals surface area contributed by atoms with E-state index in [2.05, 4.69) is 6.07 Å². The van der Waals surface area contributed by atoms with Crippen LogP contribution in [0, 0.1) is 6.92 Å². The number of likely N-dealkylation sites (tertiary alicyclic amines) is 1. The van der Waals surface area contributed by atoms with E-state index in [0.717, 1.165) is 25.1 Å². The van der Waals surface area contributed by atoms with Crippen molar-refractivity contribution in [1.29, 1.82) is 0 Å². The Hall–Kier alpha value is -1.39. The maximum Gasteiger partial charge on any atom is 0.256 e. The molecule has 1 N–H and O–H groups in total. The number of amides is 1. The van der Waals surface area contributed by atoms with E-state index in [-0.39, 0.29) is 5.91 Å². The number of nitrogens with zero attached hydrogens (tertiary/aromatic N) is 2. The second-order valence-electron chi connectivity index (χ2n) is 6.18. The normalized spacial score (nSPS) is 22.9. The van der Waals surface area contributed by atoms with Crippen LogP contribution in [-0.2, 0) is 11.3 Å². The molecule has 1 amide bonds.